The molecule has 10 nitrogen and oxygen atoms in total. The second-order valence-electron chi connectivity index (χ2n) is 12.6. The van der Waals surface area contributed by atoms with Crippen molar-refractivity contribution >= 4 is 18.1 Å². The molecule has 1 aliphatic rings. The summed E-state index contributed by atoms with van der Waals surface area (Å²) in [5.41, 5.74) is 0.782. The summed E-state index contributed by atoms with van der Waals surface area (Å²) < 4.78 is 37.4. The predicted molar refractivity (Wildman–Crippen MR) is 164 cm³/mol. The van der Waals surface area contributed by atoms with Crippen molar-refractivity contribution < 1.29 is 32.7 Å². The van der Waals surface area contributed by atoms with Crippen molar-refractivity contribution in [2.45, 2.75) is 72.1 Å². The molecule has 44 heavy (non-hydrogen) atoms. The molecule has 2 aromatic carbocycles. The van der Waals surface area contributed by atoms with Crippen molar-refractivity contribution in [3.05, 3.63) is 77.4 Å². The fraction of sp³-hybridized carbons (Fsp3) is 0.455. The van der Waals surface area contributed by atoms with E-state index in [0.717, 1.165) is 5.56 Å². The highest BCUT2D eigenvalue weighted by atomic mass is 19.1. The van der Waals surface area contributed by atoms with E-state index in [2.05, 4.69) is 10.1 Å². The van der Waals surface area contributed by atoms with Gasteiger partial charge in [0, 0.05) is 30.6 Å². The molecule has 0 N–H and O–H groups in total. The highest BCUT2D eigenvalue weighted by Crippen LogP contribution is 2.30. The Hall–Kier alpha value is -4.25. The Morgan fingerprint density at radius 1 is 1.00 bits per heavy atom. The maximum absolute atomic E-state index is 15.1. The van der Waals surface area contributed by atoms with Crippen molar-refractivity contribution in [3.8, 4) is 11.1 Å². The van der Waals surface area contributed by atoms with E-state index in [9.17, 15) is 9.59 Å². The second-order valence-corrected chi connectivity index (χ2v) is 12.6. The lowest BCUT2D eigenvalue weighted by molar-refractivity contribution is 0.0278. The third-order valence-corrected chi connectivity index (χ3v) is 6.64. The van der Waals surface area contributed by atoms with Gasteiger partial charge in [-0.15, -0.1) is 4.99 Å². The van der Waals surface area contributed by atoms with E-state index >= 15 is 4.39 Å². The van der Waals surface area contributed by atoms with E-state index in [1.165, 1.54) is 11.0 Å². The van der Waals surface area contributed by atoms with Crippen molar-refractivity contribution in [3.63, 3.8) is 0 Å². The van der Waals surface area contributed by atoms with Gasteiger partial charge < -0.3 is 23.6 Å². The first kappa shape index (κ1) is 32.7. The Bertz CT molecular complexity index is 1470. The van der Waals surface area contributed by atoms with Gasteiger partial charge in [0.15, 0.2) is 0 Å². The highest BCUT2D eigenvalue weighted by Gasteiger charge is 2.33. The third-order valence-electron chi connectivity index (χ3n) is 6.64. The van der Waals surface area contributed by atoms with Gasteiger partial charge in [-0.05, 0) is 58.7 Å². The standard InChI is InChI=1S/C33H41FN4O6/c1-22(24-13-14-26(27(34)19-24)23-11-9-8-10-12-23)28-20-25(36-44-28)21-38(31(40)43-33(5,6)7)29(37-15-17-41-18-16-37)35-30(39)42-32(2,3)4/h8-14,19-20,22H,15-18,21H2,1-7H3. The summed E-state index contributed by atoms with van der Waals surface area (Å²) in [5.74, 6) is -0.134. The fourth-order valence-corrected chi connectivity index (χ4v) is 4.55. The van der Waals surface area contributed by atoms with Crippen LogP contribution in [-0.2, 0) is 20.8 Å². The number of guanidine groups is 1. The molecule has 0 aliphatic carbocycles. The van der Waals surface area contributed by atoms with Gasteiger partial charge in [0.05, 0.1) is 19.8 Å². The van der Waals surface area contributed by atoms with Crippen LogP contribution in [-0.4, -0.2) is 70.6 Å². The van der Waals surface area contributed by atoms with Crippen LogP contribution in [0.3, 0.4) is 0 Å². The Balaban J connectivity index is 1.63. The molecule has 1 atom stereocenters. The average molecular weight is 609 g/mol. The molecule has 0 bridgehead atoms. The molecule has 2 heterocycles. The number of benzene rings is 2. The molecule has 0 saturated carbocycles. The first-order valence-electron chi connectivity index (χ1n) is 14.7. The number of aromatic nitrogens is 1. The van der Waals surface area contributed by atoms with Crippen molar-refractivity contribution in [2.24, 2.45) is 4.99 Å². The summed E-state index contributed by atoms with van der Waals surface area (Å²) in [4.78, 5) is 33.7. The number of amides is 2. The zero-order chi connectivity index (χ0) is 32.1. The third kappa shape index (κ3) is 8.89. The second kappa shape index (κ2) is 13.6. The van der Waals surface area contributed by atoms with E-state index in [4.69, 9.17) is 18.7 Å². The highest BCUT2D eigenvalue weighted by molar-refractivity contribution is 5.99. The van der Waals surface area contributed by atoms with Crippen LogP contribution in [0.2, 0.25) is 0 Å². The average Bonchev–Trinajstić information content (AvgIpc) is 3.42. The fourth-order valence-electron chi connectivity index (χ4n) is 4.55. The summed E-state index contributed by atoms with van der Waals surface area (Å²) in [5, 5.41) is 4.20. The van der Waals surface area contributed by atoms with Crippen LogP contribution in [0.1, 0.15) is 71.4 Å². The quantitative estimate of drug-likeness (QED) is 0.225. The number of carbonyl (C=O) groups is 2. The van der Waals surface area contributed by atoms with Crippen molar-refractivity contribution in [1.29, 1.82) is 0 Å². The van der Waals surface area contributed by atoms with Crippen LogP contribution in [0.5, 0.6) is 0 Å². The largest absolute Gasteiger partial charge is 0.443 e. The lowest BCUT2D eigenvalue weighted by Gasteiger charge is -2.35. The van der Waals surface area contributed by atoms with Crippen LogP contribution in [0.25, 0.3) is 11.1 Å². The molecular weight excluding hydrogens is 567 g/mol. The summed E-state index contributed by atoms with van der Waals surface area (Å²) >= 11 is 0. The van der Waals surface area contributed by atoms with Crippen LogP contribution >= 0.6 is 0 Å². The molecule has 3 aromatic rings. The summed E-state index contributed by atoms with van der Waals surface area (Å²) in [6.07, 6.45) is -1.56. The van der Waals surface area contributed by atoms with Crippen LogP contribution < -0.4 is 0 Å². The number of hydrogen-bond donors (Lipinski definition) is 0. The van der Waals surface area contributed by atoms with Gasteiger partial charge in [-0.2, -0.15) is 0 Å². The number of hydrogen-bond acceptors (Lipinski definition) is 7. The molecule has 11 heteroatoms. The lowest BCUT2D eigenvalue weighted by atomic mass is 9.95. The minimum Gasteiger partial charge on any atom is -0.443 e. The number of carbonyl (C=O) groups excluding carboxylic acids is 2. The molecule has 1 unspecified atom stereocenters. The minimum absolute atomic E-state index is 0.0629. The Morgan fingerprint density at radius 2 is 1.66 bits per heavy atom. The number of aliphatic imine (C=N–C) groups is 1. The van der Waals surface area contributed by atoms with Crippen LogP contribution in [0, 0.1) is 5.82 Å². The van der Waals surface area contributed by atoms with Gasteiger partial charge in [0.1, 0.15) is 28.5 Å². The molecule has 2 amide bonds. The van der Waals surface area contributed by atoms with Gasteiger partial charge in [0.2, 0.25) is 5.96 Å². The molecule has 0 spiro atoms. The number of rotatable bonds is 5. The van der Waals surface area contributed by atoms with Gasteiger partial charge in [-0.1, -0.05) is 54.5 Å². The number of morpholine rings is 1. The summed E-state index contributed by atoms with van der Waals surface area (Å²) in [6.45, 7) is 13.8. The van der Waals surface area contributed by atoms with E-state index in [-0.39, 0.29) is 24.2 Å². The molecule has 1 aromatic heterocycles. The molecule has 1 aliphatic heterocycles. The van der Waals surface area contributed by atoms with Gasteiger partial charge in [-0.25, -0.2) is 18.9 Å². The Labute approximate surface area is 257 Å². The topological polar surface area (TPSA) is 107 Å². The molecule has 4 rings (SSSR count). The van der Waals surface area contributed by atoms with Gasteiger partial charge in [0.25, 0.3) is 0 Å². The normalized spacial score (nSPS) is 15.1. The zero-order valence-electron chi connectivity index (χ0n) is 26.4. The van der Waals surface area contributed by atoms with Crippen molar-refractivity contribution in [1.82, 2.24) is 15.0 Å². The lowest BCUT2D eigenvalue weighted by Crippen LogP contribution is -2.52. The Morgan fingerprint density at radius 3 is 2.27 bits per heavy atom. The summed E-state index contributed by atoms with van der Waals surface area (Å²) in [6, 6.07) is 16.1. The first-order chi connectivity index (χ1) is 20.7. The van der Waals surface area contributed by atoms with E-state index in [1.807, 2.05) is 43.3 Å². The van der Waals surface area contributed by atoms with Crippen LogP contribution in [0.15, 0.2) is 64.1 Å². The van der Waals surface area contributed by atoms with Gasteiger partial charge >= 0.3 is 12.2 Å². The van der Waals surface area contributed by atoms with E-state index < -0.39 is 23.4 Å². The van der Waals surface area contributed by atoms with E-state index in [1.54, 1.807) is 58.6 Å². The Kier molecular flexibility index (Phi) is 10.1. The van der Waals surface area contributed by atoms with E-state index in [0.29, 0.717) is 48.9 Å². The van der Waals surface area contributed by atoms with Gasteiger partial charge in [-0.3, -0.25) is 0 Å². The minimum atomic E-state index is -0.844. The molecular formula is C33H41FN4O6. The van der Waals surface area contributed by atoms with Crippen LogP contribution in [0.4, 0.5) is 14.0 Å². The van der Waals surface area contributed by atoms with Crippen molar-refractivity contribution in [2.75, 3.05) is 26.3 Å². The number of ether oxygens (including phenoxy) is 3. The molecule has 1 fully saturated rings. The molecule has 0 radical (unpaired) electrons. The maximum Gasteiger partial charge on any atom is 0.437 e. The molecule has 236 valence electrons. The number of nitrogens with zero attached hydrogens (tertiary/aromatic N) is 4. The first-order valence-corrected chi connectivity index (χ1v) is 14.7. The summed E-state index contributed by atoms with van der Waals surface area (Å²) in [7, 11) is 0. The predicted octanol–water partition coefficient (Wildman–Crippen LogP) is 6.99. The monoisotopic (exact) mass is 608 g/mol. The smallest absolute Gasteiger partial charge is 0.437 e. The molecule has 1 saturated heterocycles. The number of halogens is 1. The maximum atomic E-state index is 15.1. The zero-order valence-corrected chi connectivity index (χ0v) is 26.4. The SMILES string of the molecule is CC(c1ccc(-c2ccccc2)c(F)c1)c1cc(CN(C(=O)OC(C)(C)C)C(=NC(=O)OC(C)(C)C)N2CCOCC2)no1.